The smallest absolute Gasteiger partial charge is 0.186 e. The van der Waals surface area contributed by atoms with Gasteiger partial charge in [0.2, 0.25) is 0 Å². The Hall–Kier alpha value is -2.58. The summed E-state index contributed by atoms with van der Waals surface area (Å²) in [6.07, 6.45) is 1.98. The SMILES string of the molecule is NCCN1CCN(c2ncc(-c3nc(-c4ccccc4)c(-c4ccccc4)s3)s2)CC1. The summed E-state index contributed by atoms with van der Waals surface area (Å²) in [5.74, 6) is 0. The normalized spacial score (nSPS) is 14.8. The average molecular weight is 448 g/mol. The molecule has 1 aliphatic heterocycles. The summed E-state index contributed by atoms with van der Waals surface area (Å²) < 4.78 is 0. The van der Waals surface area contributed by atoms with E-state index in [-0.39, 0.29) is 0 Å². The van der Waals surface area contributed by atoms with E-state index in [1.165, 1.54) is 10.4 Å². The number of thiazole rings is 2. The summed E-state index contributed by atoms with van der Waals surface area (Å²) in [5.41, 5.74) is 9.08. The van der Waals surface area contributed by atoms with Crippen LogP contribution < -0.4 is 10.6 Å². The zero-order valence-electron chi connectivity index (χ0n) is 17.3. The molecule has 1 saturated heterocycles. The Labute approximate surface area is 190 Å². The van der Waals surface area contributed by atoms with Gasteiger partial charge < -0.3 is 10.6 Å². The van der Waals surface area contributed by atoms with Crippen molar-refractivity contribution in [3.8, 4) is 31.6 Å². The van der Waals surface area contributed by atoms with E-state index in [0.29, 0.717) is 0 Å². The molecule has 1 aliphatic rings. The Morgan fingerprint density at radius 2 is 1.52 bits per heavy atom. The predicted molar refractivity (Wildman–Crippen MR) is 132 cm³/mol. The minimum atomic E-state index is 0.721. The Kier molecular flexibility index (Phi) is 6.08. The molecule has 3 heterocycles. The molecule has 0 radical (unpaired) electrons. The lowest BCUT2D eigenvalue weighted by Crippen LogP contribution is -2.47. The standard InChI is InChI=1S/C24H25N5S2/c25-11-12-28-13-15-29(16-14-28)24-26-17-20(30-24)23-27-21(18-7-3-1-4-8-18)22(31-23)19-9-5-2-6-10-19/h1-10,17H,11-16,25H2. The molecule has 2 aromatic carbocycles. The topological polar surface area (TPSA) is 58.3 Å². The molecule has 158 valence electrons. The van der Waals surface area contributed by atoms with Gasteiger partial charge in [0.1, 0.15) is 5.01 Å². The summed E-state index contributed by atoms with van der Waals surface area (Å²) in [4.78, 5) is 16.9. The maximum absolute atomic E-state index is 5.70. The first-order valence-electron chi connectivity index (χ1n) is 10.6. The van der Waals surface area contributed by atoms with E-state index in [1.807, 2.05) is 12.3 Å². The highest BCUT2D eigenvalue weighted by Gasteiger charge is 2.21. The van der Waals surface area contributed by atoms with Gasteiger partial charge in [0.25, 0.3) is 0 Å². The lowest BCUT2D eigenvalue weighted by molar-refractivity contribution is 0.265. The van der Waals surface area contributed by atoms with E-state index in [9.17, 15) is 0 Å². The molecule has 7 heteroatoms. The lowest BCUT2D eigenvalue weighted by Gasteiger charge is -2.34. The van der Waals surface area contributed by atoms with Crippen molar-refractivity contribution >= 4 is 27.8 Å². The van der Waals surface area contributed by atoms with Gasteiger partial charge in [-0.05, 0) is 5.56 Å². The summed E-state index contributed by atoms with van der Waals surface area (Å²) in [6, 6.07) is 21.0. The average Bonchev–Trinajstić information content (AvgIpc) is 3.49. The molecule has 5 rings (SSSR count). The zero-order chi connectivity index (χ0) is 21.0. The van der Waals surface area contributed by atoms with Crippen molar-refractivity contribution in [2.45, 2.75) is 0 Å². The number of piperazine rings is 1. The number of anilines is 1. The van der Waals surface area contributed by atoms with E-state index in [0.717, 1.165) is 65.5 Å². The molecule has 2 N–H and O–H groups in total. The van der Waals surface area contributed by atoms with Crippen LogP contribution in [0.2, 0.25) is 0 Å². The van der Waals surface area contributed by atoms with E-state index in [4.69, 9.17) is 15.7 Å². The fraction of sp³-hybridized carbons (Fsp3) is 0.250. The number of benzene rings is 2. The molecule has 0 unspecified atom stereocenters. The maximum atomic E-state index is 5.70. The molecule has 0 bridgehead atoms. The lowest BCUT2D eigenvalue weighted by atomic mass is 10.1. The van der Waals surface area contributed by atoms with Crippen molar-refractivity contribution < 1.29 is 0 Å². The second-order valence-corrected chi connectivity index (χ2v) is 9.56. The van der Waals surface area contributed by atoms with E-state index < -0.39 is 0 Å². The predicted octanol–water partition coefficient (Wildman–Crippen LogP) is 4.68. The van der Waals surface area contributed by atoms with Crippen molar-refractivity contribution in [3.63, 3.8) is 0 Å². The van der Waals surface area contributed by atoms with Crippen molar-refractivity contribution in [1.82, 2.24) is 14.9 Å². The van der Waals surface area contributed by atoms with Gasteiger partial charge in [0.05, 0.1) is 21.6 Å². The Balaban J connectivity index is 1.44. The van der Waals surface area contributed by atoms with Crippen LogP contribution in [0, 0.1) is 0 Å². The molecule has 0 saturated carbocycles. The van der Waals surface area contributed by atoms with Gasteiger partial charge in [-0.15, -0.1) is 11.3 Å². The third-order valence-electron chi connectivity index (χ3n) is 5.50. The minimum absolute atomic E-state index is 0.721. The Morgan fingerprint density at radius 1 is 0.839 bits per heavy atom. The molecule has 31 heavy (non-hydrogen) atoms. The monoisotopic (exact) mass is 447 g/mol. The molecule has 0 atom stereocenters. The zero-order valence-corrected chi connectivity index (χ0v) is 18.9. The van der Waals surface area contributed by atoms with Gasteiger partial charge in [-0.2, -0.15) is 0 Å². The number of rotatable bonds is 6. The Morgan fingerprint density at radius 3 is 2.19 bits per heavy atom. The van der Waals surface area contributed by atoms with Gasteiger partial charge >= 0.3 is 0 Å². The number of nitrogens with zero attached hydrogens (tertiary/aromatic N) is 4. The van der Waals surface area contributed by atoms with Crippen molar-refractivity contribution in [1.29, 1.82) is 0 Å². The van der Waals surface area contributed by atoms with Crippen molar-refractivity contribution in [3.05, 3.63) is 66.9 Å². The highest BCUT2D eigenvalue weighted by Crippen LogP contribution is 2.42. The van der Waals surface area contributed by atoms with Gasteiger partial charge in [0, 0.05) is 44.8 Å². The van der Waals surface area contributed by atoms with Gasteiger partial charge in [-0.1, -0.05) is 72.0 Å². The van der Waals surface area contributed by atoms with Crippen LogP contribution in [0.3, 0.4) is 0 Å². The van der Waals surface area contributed by atoms with Crippen LogP contribution in [-0.2, 0) is 0 Å². The second kappa shape index (κ2) is 9.28. The van der Waals surface area contributed by atoms with Crippen LogP contribution >= 0.6 is 22.7 Å². The van der Waals surface area contributed by atoms with Crippen LogP contribution in [-0.4, -0.2) is 54.1 Å². The van der Waals surface area contributed by atoms with Crippen LogP contribution in [0.25, 0.3) is 31.6 Å². The number of nitrogens with two attached hydrogens (primary N) is 1. The molecule has 0 aliphatic carbocycles. The van der Waals surface area contributed by atoms with E-state index in [2.05, 4.69) is 64.4 Å². The molecule has 4 aromatic rings. The summed E-state index contributed by atoms with van der Waals surface area (Å²) in [6.45, 7) is 5.77. The van der Waals surface area contributed by atoms with Crippen molar-refractivity contribution in [2.24, 2.45) is 5.73 Å². The largest absolute Gasteiger partial charge is 0.346 e. The van der Waals surface area contributed by atoms with Crippen LogP contribution in [0.4, 0.5) is 5.13 Å². The first-order chi connectivity index (χ1) is 15.3. The first kappa shape index (κ1) is 20.3. The third-order valence-corrected chi connectivity index (χ3v) is 7.83. The van der Waals surface area contributed by atoms with Crippen LogP contribution in [0.15, 0.2) is 66.9 Å². The highest BCUT2D eigenvalue weighted by atomic mass is 32.1. The number of aromatic nitrogens is 2. The highest BCUT2D eigenvalue weighted by molar-refractivity contribution is 7.25. The first-order valence-corrected chi connectivity index (χ1v) is 12.2. The van der Waals surface area contributed by atoms with Gasteiger partial charge in [-0.3, -0.25) is 4.90 Å². The molecular weight excluding hydrogens is 422 g/mol. The quantitative estimate of drug-likeness (QED) is 0.465. The maximum Gasteiger partial charge on any atom is 0.186 e. The molecule has 5 nitrogen and oxygen atoms in total. The summed E-state index contributed by atoms with van der Waals surface area (Å²) >= 11 is 3.49. The molecule has 2 aromatic heterocycles. The summed E-state index contributed by atoms with van der Waals surface area (Å²) in [7, 11) is 0. The van der Waals surface area contributed by atoms with E-state index in [1.54, 1.807) is 22.7 Å². The van der Waals surface area contributed by atoms with Gasteiger partial charge in [-0.25, -0.2) is 9.97 Å². The summed E-state index contributed by atoms with van der Waals surface area (Å²) in [5, 5.41) is 2.11. The molecule has 0 spiro atoms. The minimum Gasteiger partial charge on any atom is -0.346 e. The fourth-order valence-electron chi connectivity index (χ4n) is 3.86. The number of hydrogen-bond acceptors (Lipinski definition) is 7. The van der Waals surface area contributed by atoms with Crippen LogP contribution in [0.5, 0.6) is 0 Å². The number of hydrogen-bond donors (Lipinski definition) is 1. The molecular formula is C24H25N5S2. The van der Waals surface area contributed by atoms with Crippen molar-refractivity contribution in [2.75, 3.05) is 44.2 Å². The Bertz CT molecular complexity index is 1060. The fourth-order valence-corrected chi connectivity index (χ4v) is 5.96. The second-order valence-electron chi connectivity index (χ2n) is 7.55. The molecule has 1 fully saturated rings. The third kappa shape index (κ3) is 4.41. The van der Waals surface area contributed by atoms with Gasteiger partial charge in [0.15, 0.2) is 5.13 Å². The van der Waals surface area contributed by atoms with E-state index >= 15 is 0 Å². The van der Waals surface area contributed by atoms with Crippen LogP contribution in [0.1, 0.15) is 0 Å². The molecule has 0 amide bonds.